The van der Waals surface area contributed by atoms with E-state index in [1.54, 1.807) is 12.4 Å². The van der Waals surface area contributed by atoms with E-state index >= 15 is 0 Å². The molecule has 3 aromatic heterocycles. The number of hydrogen-bond donors (Lipinski definition) is 2. The van der Waals surface area contributed by atoms with Gasteiger partial charge in [0.1, 0.15) is 6.10 Å². The van der Waals surface area contributed by atoms with Crippen molar-refractivity contribution in [3.8, 4) is 22.5 Å². The van der Waals surface area contributed by atoms with Crippen molar-refractivity contribution < 1.29 is 9.53 Å². The van der Waals surface area contributed by atoms with Crippen LogP contribution in [0.5, 0.6) is 0 Å². The fraction of sp³-hybridized carbons (Fsp3) is 0.182. The standard InChI is InChI=1S/C22H19N5O2/c1-13-3-2-4-20(26-13)21-18(12-25-27-21)14-5-6-19-15(7-14)8-16(9-24-19)22(28)29-17-10-23-11-17/h2-9,12,17,23H,10-11H2,1H3,(H,25,27). The Morgan fingerprint density at radius 2 is 2.03 bits per heavy atom. The van der Waals surface area contributed by atoms with Gasteiger partial charge in [0.2, 0.25) is 0 Å². The third-order valence-electron chi connectivity index (χ3n) is 5.03. The van der Waals surface area contributed by atoms with Crippen LogP contribution in [0.15, 0.2) is 54.9 Å². The Balaban J connectivity index is 1.51. The Labute approximate surface area is 167 Å². The maximum atomic E-state index is 12.4. The van der Waals surface area contributed by atoms with Gasteiger partial charge in [-0.1, -0.05) is 12.1 Å². The number of hydrogen-bond acceptors (Lipinski definition) is 6. The zero-order valence-electron chi connectivity index (χ0n) is 15.8. The summed E-state index contributed by atoms with van der Waals surface area (Å²) in [5, 5.41) is 11.2. The number of H-pyrrole nitrogens is 1. The van der Waals surface area contributed by atoms with Gasteiger partial charge >= 0.3 is 5.97 Å². The Bertz CT molecular complexity index is 1210. The van der Waals surface area contributed by atoms with Crippen LogP contribution in [0.1, 0.15) is 16.1 Å². The normalized spacial score (nSPS) is 14.0. The topological polar surface area (TPSA) is 92.8 Å². The van der Waals surface area contributed by atoms with E-state index in [0.717, 1.165) is 39.1 Å². The van der Waals surface area contributed by atoms with E-state index in [9.17, 15) is 4.79 Å². The number of pyridine rings is 2. The lowest BCUT2D eigenvalue weighted by Gasteiger charge is -2.26. The highest BCUT2D eigenvalue weighted by atomic mass is 16.5. The van der Waals surface area contributed by atoms with Gasteiger partial charge in [-0.25, -0.2) is 4.79 Å². The van der Waals surface area contributed by atoms with Crippen LogP contribution in [0.2, 0.25) is 0 Å². The van der Waals surface area contributed by atoms with Gasteiger partial charge in [0.05, 0.1) is 28.7 Å². The number of benzene rings is 1. The molecule has 0 spiro atoms. The number of aromatic amines is 1. The molecule has 1 aromatic carbocycles. The second-order valence-corrected chi connectivity index (χ2v) is 7.14. The van der Waals surface area contributed by atoms with Crippen LogP contribution in [0, 0.1) is 6.92 Å². The number of carbonyl (C=O) groups is 1. The molecular formula is C22H19N5O2. The minimum Gasteiger partial charge on any atom is -0.456 e. The number of nitrogens with zero attached hydrogens (tertiary/aromatic N) is 3. The first-order valence-corrected chi connectivity index (χ1v) is 9.47. The first-order valence-electron chi connectivity index (χ1n) is 9.47. The van der Waals surface area contributed by atoms with E-state index in [4.69, 9.17) is 4.74 Å². The summed E-state index contributed by atoms with van der Waals surface area (Å²) >= 11 is 0. The number of rotatable bonds is 4. The number of esters is 1. The third kappa shape index (κ3) is 3.36. The van der Waals surface area contributed by atoms with E-state index in [1.165, 1.54) is 0 Å². The molecule has 0 bridgehead atoms. The highest BCUT2D eigenvalue weighted by Gasteiger charge is 2.22. The molecule has 0 saturated carbocycles. The maximum Gasteiger partial charge on any atom is 0.340 e. The van der Waals surface area contributed by atoms with Gasteiger partial charge < -0.3 is 10.1 Å². The van der Waals surface area contributed by atoms with Gasteiger partial charge in [-0.2, -0.15) is 5.10 Å². The van der Waals surface area contributed by atoms with Gasteiger partial charge in [-0.15, -0.1) is 0 Å². The average Bonchev–Trinajstić information content (AvgIpc) is 3.19. The average molecular weight is 385 g/mol. The van der Waals surface area contributed by atoms with Crippen molar-refractivity contribution in [2.75, 3.05) is 13.1 Å². The van der Waals surface area contributed by atoms with Crippen molar-refractivity contribution in [1.82, 2.24) is 25.5 Å². The van der Waals surface area contributed by atoms with Crippen molar-refractivity contribution in [1.29, 1.82) is 0 Å². The minimum atomic E-state index is -0.343. The zero-order chi connectivity index (χ0) is 19.8. The van der Waals surface area contributed by atoms with Crippen LogP contribution in [-0.4, -0.2) is 45.3 Å². The molecule has 1 saturated heterocycles. The van der Waals surface area contributed by atoms with Gasteiger partial charge in [0.25, 0.3) is 0 Å². The van der Waals surface area contributed by atoms with Crippen LogP contribution in [0.4, 0.5) is 0 Å². The second kappa shape index (κ2) is 7.10. The van der Waals surface area contributed by atoms with Gasteiger partial charge in [-0.3, -0.25) is 15.1 Å². The fourth-order valence-corrected chi connectivity index (χ4v) is 3.36. The lowest BCUT2D eigenvalue weighted by atomic mass is 10.0. The molecule has 144 valence electrons. The van der Waals surface area contributed by atoms with Crippen molar-refractivity contribution in [3.05, 3.63) is 66.1 Å². The SMILES string of the molecule is Cc1cccc(-c2[nH]ncc2-c2ccc3ncc(C(=O)OC4CNC4)cc3c2)n1. The number of aryl methyl sites for hydroxylation is 1. The van der Waals surface area contributed by atoms with E-state index in [2.05, 4.69) is 25.5 Å². The van der Waals surface area contributed by atoms with E-state index < -0.39 is 0 Å². The summed E-state index contributed by atoms with van der Waals surface area (Å²) in [7, 11) is 0. The van der Waals surface area contributed by atoms with Crippen molar-refractivity contribution in [3.63, 3.8) is 0 Å². The lowest BCUT2D eigenvalue weighted by Crippen LogP contribution is -2.49. The predicted octanol–water partition coefficient (Wildman–Crippen LogP) is 3.12. The van der Waals surface area contributed by atoms with Gasteiger partial charge in [0, 0.05) is 35.9 Å². The quantitative estimate of drug-likeness (QED) is 0.525. The summed E-state index contributed by atoms with van der Waals surface area (Å²) < 4.78 is 5.45. The second-order valence-electron chi connectivity index (χ2n) is 7.14. The van der Waals surface area contributed by atoms with E-state index in [0.29, 0.717) is 18.7 Å². The van der Waals surface area contributed by atoms with Crippen LogP contribution in [-0.2, 0) is 4.74 Å². The molecule has 2 N–H and O–H groups in total. The summed E-state index contributed by atoms with van der Waals surface area (Å²) in [6.07, 6.45) is 3.30. The Morgan fingerprint density at radius 3 is 2.83 bits per heavy atom. The number of ether oxygens (including phenoxy) is 1. The molecule has 4 aromatic rings. The molecule has 0 atom stereocenters. The third-order valence-corrected chi connectivity index (χ3v) is 5.03. The molecule has 0 unspecified atom stereocenters. The molecule has 5 rings (SSSR count). The van der Waals surface area contributed by atoms with E-state index in [1.807, 2.05) is 49.4 Å². The molecular weight excluding hydrogens is 366 g/mol. The number of nitrogens with one attached hydrogen (secondary N) is 2. The Morgan fingerprint density at radius 1 is 1.14 bits per heavy atom. The fourth-order valence-electron chi connectivity index (χ4n) is 3.36. The maximum absolute atomic E-state index is 12.4. The van der Waals surface area contributed by atoms with Crippen LogP contribution in [0.3, 0.4) is 0 Å². The predicted molar refractivity (Wildman–Crippen MR) is 109 cm³/mol. The van der Waals surface area contributed by atoms with Crippen LogP contribution < -0.4 is 5.32 Å². The molecule has 1 aliphatic rings. The lowest BCUT2D eigenvalue weighted by molar-refractivity contribution is 0.0169. The molecule has 7 nitrogen and oxygen atoms in total. The van der Waals surface area contributed by atoms with Crippen molar-refractivity contribution in [2.24, 2.45) is 0 Å². The van der Waals surface area contributed by atoms with Crippen molar-refractivity contribution >= 4 is 16.9 Å². The number of fused-ring (bicyclic) bond motifs is 1. The summed E-state index contributed by atoms with van der Waals surface area (Å²) in [4.78, 5) is 21.4. The van der Waals surface area contributed by atoms with Crippen LogP contribution in [0.25, 0.3) is 33.4 Å². The smallest absolute Gasteiger partial charge is 0.340 e. The molecule has 1 aliphatic heterocycles. The summed E-state index contributed by atoms with van der Waals surface area (Å²) in [5.41, 5.74) is 5.81. The summed E-state index contributed by atoms with van der Waals surface area (Å²) in [5.74, 6) is -0.343. The summed E-state index contributed by atoms with van der Waals surface area (Å²) in [6, 6.07) is 13.7. The van der Waals surface area contributed by atoms with Gasteiger partial charge in [0.15, 0.2) is 0 Å². The van der Waals surface area contributed by atoms with Crippen molar-refractivity contribution in [2.45, 2.75) is 13.0 Å². The first-order chi connectivity index (χ1) is 14.2. The number of carbonyl (C=O) groups excluding carboxylic acids is 1. The van der Waals surface area contributed by atoms with Crippen LogP contribution >= 0.6 is 0 Å². The van der Waals surface area contributed by atoms with E-state index in [-0.39, 0.29) is 12.1 Å². The highest BCUT2D eigenvalue weighted by molar-refractivity contribution is 5.95. The molecule has 0 aliphatic carbocycles. The largest absolute Gasteiger partial charge is 0.456 e. The summed E-state index contributed by atoms with van der Waals surface area (Å²) in [6.45, 7) is 3.36. The highest BCUT2D eigenvalue weighted by Crippen LogP contribution is 2.31. The molecule has 29 heavy (non-hydrogen) atoms. The Hall–Kier alpha value is -3.58. The molecule has 1 fully saturated rings. The molecule has 0 amide bonds. The molecule has 7 heteroatoms. The zero-order valence-corrected chi connectivity index (χ0v) is 15.8. The molecule has 4 heterocycles. The molecule has 0 radical (unpaired) electrons. The number of aromatic nitrogens is 4. The Kier molecular flexibility index (Phi) is 4.29. The first kappa shape index (κ1) is 17.5. The minimum absolute atomic E-state index is 0.0557. The monoisotopic (exact) mass is 385 g/mol. The van der Waals surface area contributed by atoms with Gasteiger partial charge in [-0.05, 0) is 42.8 Å².